The first-order valence-corrected chi connectivity index (χ1v) is 3.55. The molecule has 0 amide bonds. The minimum atomic E-state index is -0.295. The highest BCUT2D eigenvalue weighted by Gasteiger charge is 2.27. The molecule has 0 aromatic carbocycles. The first-order valence-electron chi connectivity index (χ1n) is 3.55. The quantitative estimate of drug-likeness (QED) is 0.429. The van der Waals surface area contributed by atoms with E-state index in [0.29, 0.717) is 0 Å². The van der Waals surface area contributed by atoms with Crippen LogP contribution in [0.15, 0.2) is 12.7 Å². The van der Waals surface area contributed by atoms with Gasteiger partial charge in [0.15, 0.2) is 0 Å². The Morgan fingerprint density at radius 2 is 2.30 bits per heavy atom. The molecular formula is C8H12O2. The second-order valence-corrected chi connectivity index (χ2v) is 2.84. The molecule has 0 saturated heterocycles. The fourth-order valence-corrected chi connectivity index (χ4v) is 1.14. The fraction of sp³-hybridized carbons (Fsp3) is 0.625. The molecule has 2 nitrogen and oxygen atoms in total. The van der Waals surface area contributed by atoms with Gasteiger partial charge in [-0.2, -0.15) is 0 Å². The molecule has 0 spiro atoms. The summed E-state index contributed by atoms with van der Waals surface area (Å²) >= 11 is 0. The minimum absolute atomic E-state index is 0.167. The van der Waals surface area contributed by atoms with Crippen molar-refractivity contribution in [2.45, 2.75) is 25.9 Å². The molecule has 0 aromatic heterocycles. The molecule has 0 atom stereocenters. The molecule has 0 aromatic rings. The molecule has 0 N–H and O–H groups in total. The van der Waals surface area contributed by atoms with Crippen LogP contribution in [-0.2, 0) is 9.53 Å². The Bertz CT molecular complexity index is 145. The zero-order chi connectivity index (χ0) is 7.56. The van der Waals surface area contributed by atoms with Gasteiger partial charge in [-0.25, -0.2) is 4.79 Å². The monoisotopic (exact) mass is 140 g/mol. The third-order valence-corrected chi connectivity index (χ3v) is 1.78. The Balaban J connectivity index is 2.16. The molecule has 1 rings (SSSR count). The second-order valence-electron chi connectivity index (χ2n) is 2.84. The Kier molecular flexibility index (Phi) is 2.10. The highest BCUT2D eigenvalue weighted by molar-refractivity contribution is 5.81. The van der Waals surface area contributed by atoms with Gasteiger partial charge in [0.25, 0.3) is 0 Å². The van der Waals surface area contributed by atoms with Crippen molar-refractivity contribution in [3.63, 3.8) is 0 Å². The van der Waals surface area contributed by atoms with E-state index in [0.717, 1.165) is 18.8 Å². The van der Waals surface area contributed by atoms with Crippen molar-refractivity contribution in [2.24, 2.45) is 5.92 Å². The highest BCUT2D eigenvalue weighted by atomic mass is 16.5. The molecule has 0 bridgehead atoms. The van der Waals surface area contributed by atoms with Crippen LogP contribution in [0.5, 0.6) is 0 Å². The van der Waals surface area contributed by atoms with Crippen molar-refractivity contribution in [1.29, 1.82) is 0 Å². The third-order valence-electron chi connectivity index (χ3n) is 1.78. The van der Waals surface area contributed by atoms with Crippen LogP contribution in [-0.4, -0.2) is 12.1 Å². The summed E-state index contributed by atoms with van der Waals surface area (Å²) in [6.45, 7) is 5.47. The van der Waals surface area contributed by atoms with E-state index in [1.54, 1.807) is 0 Å². The zero-order valence-corrected chi connectivity index (χ0v) is 6.17. The predicted molar refractivity (Wildman–Crippen MR) is 38.5 cm³/mol. The summed E-state index contributed by atoms with van der Waals surface area (Å²) in [6.07, 6.45) is 3.41. The largest absolute Gasteiger partial charge is 0.459 e. The minimum Gasteiger partial charge on any atom is -0.459 e. The molecule has 0 radical (unpaired) electrons. The third kappa shape index (κ3) is 1.59. The Hall–Kier alpha value is -0.790. The number of carbonyl (C=O) groups is 1. The van der Waals surface area contributed by atoms with E-state index in [-0.39, 0.29) is 12.1 Å². The molecule has 0 aliphatic heterocycles. The summed E-state index contributed by atoms with van der Waals surface area (Å²) in [4.78, 5) is 10.6. The van der Waals surface area contributed by atoms with Crippen molar-refractivity contribution in [3.8, 4) is 0 Å². The van der Waals surface area contributed by atoms with Gasteiger partial charge in [-0.3, -0.25) is 0 Å². The SMILES string of the molecule is C=CC(=O)OC1CC(C)C1. The summed E-state index contributed by atoms with van der Waals surface area (Å²) in [7, 11) is 0. The summed E-state index contributed by atoms with van der Waals surface area (Å²) in [5.74, 6) is 0.430. The van der Waals surface area contributed by atoms with Crippen molar-refractivity contribution in [2.75, 3.05) is 0 Å². The van der Waals surface area contributed by atoms with Crippen LogP contribution < -0.4 is 0 Å². The normalized spacial score (nSPS) is 30.5. The molecule has 1 aliphatic carbocycles. The van der Waals surface area contributed by atoms with Crippen LogP contribution in [0.1, 0.15) is 19.8 Å². The number of ether oxygens (including phenoxy) is 1. The van der Waals surface area contributed by atoms with Gasteiger partial charge in [-0.15, -0.1) is 0 Å². The maximum absolute atomic E-state index is 10.6. The van der Waals surface area contributed by atoms with Crippen molar-refractivity contribution in [1.82, 2.24) is 0 Å². The zero-order valence-electron chi connectivity index (χ0n) is 6.17. The molecule has 0 unspecified atom stereocenters. The summed E-state index contributed by atoms with van der Waals surface area (Å²) < 4.78 is 4.95. The fourth-order valence-electron chi connectivity index (χ4n) is 1.14. The lowest BCUT2D eigenvalue weighted by molar-refractivity contribution is -0.148. The molecular weight excluding hydrogens is 128 g/mol. The lowest BCUT2D eigenvalue weighted by atomic mass is 9.84. The van der Waals surface area contributed by atoms with Gasteiger partial charge in [0, 0.05) is 6.08 Å². The highest BCUT2D eigenvalue weighted by Crippen LogP contribution is 2.29. The second kappa shape index (κ2) is 2.86. The predicted octanol–water partition coefficient (Wildman–Crippen LogP) is 1.51. The van der Waals surface area contributed by atoms with Crippen molar-refractivity contribution >= 4 is 5.97 Å². The number of hydrogen-bond acceptors (Lipinski definition) is 2. The van der Waals surface area contributed by atoms with Crippen LogP contribution in [0, 0.1) is 5.92 Å². The van der Waals surface area contributed by atoms with Crippen molar-refractivity contribution < 1.29 is 9.53 Å². The molecule has 0 heterocycles. The van der Waals surface area contributed by atoms with Crippen LogP contribution in [0.2, 0.25) is 0 Å². The van der Waals surface area contributed by atoms with Crippen molar-refractivity contribution in [3.05, 3.63) is 12.7 Å². The Morgan fingerprint density at radius 3 is 2.70 bits per heavy atom. The molecule has 1 fully saturated rings. The summed E-state index contributed by atoms with van der Waals surface area (Å²) in [6, 6.07) is 0. The first kappa shape index (κ1) is 7.32. The average molecular weight is 140 g/mol. The van der Waals surface area contributed by atoms with E-state index in [2.05, 4.69) is 13.5 Å². The molecule has 1 saturated carbocycles. The molecule has 56 valence electrons. The number of hydrogen-bond donors (Lipinski definition) is 0. The van der Waals surface area contributed by atoms with Gasteiger partial charge < -0.3 is 4.74 Å². The van der Waals surface area contributed by atoms with Gasteiger partial charge in [0.05, 0.1) is 0 Å². The first-order chi connectivity index (χ1) is 4.72. The number of carbonyl (C=O) groups excluding carboxylic acids is 1. The summed E-state index contributed by atoms with van der Waals surface area (Å²) in [5.41, 5.74) is 0. The van der Waals surface area contributed by atoms with Crippen LogP contribution >= 0.6 is 0 Å². The Morgan fingerprint density at radius 1 is 1.70 bits per heavy atom. The van der Waals surface area contributed by atoms with E-state index < -0.39 is 0 Å². The van der Waals surface area contributed by atoms with Crippen LogP contribution in [0.25, 0.3) is 0 Å². The van der Waals surface area contributed by atoms with Gasteiger partial charge >= 0.3 is 5.97 Å². The van der Waals surface area contributed by atoms with Gasteiger partial charge in [-0.05, 0) is 18.8 Å². The lowest BCUT2D eigenvalue weighted by Crippen LogP contribution is -2.30. The Labute approximate surface area is 60.9 Å². The van der Waals surface area contributed by atoms with Gasteiger partial charge in [0.1, 0.15) is 6.10 Å². The van der Waals surface area contributed by atoms with Gasteiger partial charge in [-0.1, -0.05) is 13.5 Å². The number of esters is 1. The topological polar surface area (TPSA) is 26.3 Å². The molecule has 1 aliphatic rings. The van der Waals surface area contributed by atoms with Gasteiger partial charge in [0.2, 0.25) is 0 Å². The average Bonchev–Trinajstić information content (AvgIpc) is 1.84. The van der Waals surface area contributed by atoms with E-state index in [9.17, 15) is 4.79 Å². The maximum atomic E-state index is 10.6. The van der Waals surface area contributed by atoms with Crippen LogP contribution in [0.4, 0.5) is 0 Å². The van der Waals surface area contributed by atoms with E-state index in [4.69, 9.17) is 4.74 Å². The van der Waals surface area contributed by atoms with E-state index >= 15 is 0 Å². The lowest BCUT2D eigenvalue weighted by Gasteiger charge is -2.31. The smallest absolute Gasteiger partial charge is 0.330 e. The summed E-state index contributed by atoms with van der Waals surface area (Å²) in [5, 5.41) is 0. The molecule has 2 heteroatoms. The van der Waals surface area contributed by atoms with E-state index in [1.807, 2.05) is 0 Å². The number of rotatable bonds is 2. The maximum Gasteiger partial charge on any atom is 0.330 e. The standard InChI is InChI=1S/C8H12O2/c1-3-8(9)10-7-4-6(2)5-7/h3,6-7H,1,4-5H2,2H3. The van der Waals surface area contributed by atoms with E-state index in [1.165, 1.54) is 6.08 Å². The van der Waals surface area contributed by atoms with Crippen LogP contribution in [0.3, 0.4) is 0 Å². The molecule has 10 heavy (non-hydrogen) atoms.